The topological polar surface area (TPSA) is 6.48 Å². The maximum absolute atomic E-state index is 5.65. The first-order valence-corrected chi connectivity index (χ1v) is 7.69. The number of benzene rings is 2. The molecule has 0 N–H and O–H groups in total. The zero-order valence-corrected chi connectivity index (χ0v) is 12.0. The molecular weight excluding hydrogens is 272 g/mol. The summed E-state index contributed by atoms with van der Waals surface area (Å²) in [4.78, 5) is 4.35. The molecule has 2 aromatic rings. The van der Waals surface area contributed by atoms with Crippen molar-refractivity contribution in [1.29, 1.82) is 0 Å². The summed E-state index contributed by atoms with van der Waals surface area (Å²) >= 11 is 7.52. The molecule has 0 aliphatic carbocycles. The molecule has 0 radical (unpaired) electrons. The minimum Gasteiger partial charge on any atom is -0.309 e. The second-order valence-electron chi connectivity index (χ2n) is 4.27. The number of nitrogens with zero attached hydrogens (tertiary/aromatic N) is 2. The Hall–Kier alpha value is -1.52. The zero-order chi connectivity index (χ0) is 13.1. The summed E-state index contributed by atoms with van der Waals surface area (Å²) in [6.07, 6.45) is 0. The summed E-state index contributed by atoms with van der Waals surface area (Å²) in [6.45, 7) is 0. The largest absolute Gasteiger partial charge is 0.309 e. The van der Waals surface area contributed by atoms with Gasteiger partial charge in [-0.25, -0.2) is 0 Å². The van der Waals surface area contributed by atoms with Crippen LogP contribution in [0.25, 0.3) is 0 Å². The molecule has 0 atom stereocenters. The van der Waals surface area contributed by atoms with Crippen molar-refractivity contribution in [3.8, 4) is 0 Å². The van der Waals surface area contributed by atoms with Gasteiger partial charge in [0.2, 0.25) is 0 Å². The molecule has 0 bridgehead atoms. The Balaban J connectivity index is 1.88. The molecule has 0 aromatic heterocycles. The van der Waals surface area contributed by atoms with Crippen LogP contribution in [0.1, 0.15) is 0 Å². The van der Waals surface area contributed by atoms with Crippen molar-refractivity contribution in [1.82, 2.24) is 0 Å². The van der Waals surface area contributed by atoms with E-state index in [1.165, 1.54) is 0 Å². The summed E-state index contributed by atoms with van der Waals surface area (Å²) in [5, 5.41) is 0.871. The highest BCUT2D eigenvalue weighted by Crippen LogP contribution is 2.28. The Morgan fingerprint density at radius 1 is 0.737 bits per heavy atom. The third kappa shape index (κ3) is 2.60. The fraction of sp³-hybridized carbons (Fsp3) is 0.133. The van der Waals surface area contributed by atoms with Gasteiger partial charge in [-0.05, 0) is 36.5 Å². The van der Waals surface area contributed by atoms with Crippen LogP contribution in [0.15, 0.2) is 60.7 Å². The van der Waals surface area contributed by atoms with E-state index in [4.69, 9.17) is 12.2 Å². The third-order valence-electron chi connectivity index (χ3n) is 3.04. The molecule has 0 spiro atoms. The second-order valence-corrected chi connectivity index (χ2v) is 5.56. The summed E-state index contributed by atoms with van der Waals surface area (Å²) in [7, 11) is 0. The Morgan fingerprint density at radius 3 is 1.58 bits per heavy atom. The standard InChI is InChI=1S/C15H14N2S2/c18-15-16(13-7-3-1-4-8-13)11-19-12-17(15)14-9-5-2-6-10-14/h1-10H,11-12H2. The van der Waals surface area contributed by atoms with Crippen LogP contribution in [0.2, 0.25) is 0 Å². The molecule has 1 aliphatic heterocycles. The van der Waals surface area contributed by atoms with Crippen molar-refractivity contribution in [2.75, 3.05) is 21.6 Å². The van der Waals surface area contributed by atoms with Gasteiger partial charge in [-0.3, -0.25) is 0 Å². The molecule has 4 heteroatoms. The van der Waals surface area contributed by atoms with Gasteiger partial charge >= 0.3 is 0 Å². The van der Waals surface area contributed by atoms with E-state index in [1.807, 2.05) is 48.2 Å². The first-order valence-electron chi connectivity index (χ1n) is 6.13. The van der Waals surface area contributed by atoms with E-state index in [-0.39, 0.29) is 0 Å². The second kappa shape index (κ2) is 5.63. The van der Waals surface area contributed by atoms with E-state index in [0.29, 0.717) is 0 Å². The van der Waals surface area contributed by atoms with Crippen molar-refractivity contribution < 1.29 is 0 Å². The molecule has 3 rings (SSSR count). The number of hydrogen-bond donors (Lipinski definition) is 0. The minimum absolute atomic E-state index is 0.871. The average Bonchev–Trinajstić information content (AvgIpc) is 2.49. The van der Waals surface area contributed by atoms with E-state index in [0.717, 1.165) is 28.2 Å². The fourth-order valence-electron chi connectivity index (χ4n) is 2.07. The molecule has 1 aliphatic rings. The van der Waals surface area contributed by atoms with E-state index in [1.54, 1.807) is 0 Å². The van der Waals surface area contributed by atoms with Gasteiger partial charge in [0.1, 0.15) is 0 Å². The monoisotopic (exact) mass is 286 g/mol. The van der Waals surface area contributed by atoms with Crippen LogP contribution >= 0.6 is 24.0 Å². The molecule has 19 heavy (non-hydrogen) atoms. The van der Waals surface area contributed by atoms with Crippen LogP contribution in [0, 0.1) is 0 Å². The van der Waals surface area contributed by atoms with Gasteiger partial charge in [-0.1, -0.05) is 36.4 Å². The van der Waals surface area contributed by atoms with Gasteiger partial charge in [0.15, 0.2) is 5.11 Å². The molecular formula is C15H14N2S2. The highest BCUT2D eigenvalue weighted by Gasteiger charge is 2.24. The highest BCUT2D eigenvalue weighted by molar-refractivity contribution is 7.99. The Morgan fingerprint density at radius 2 is 1.16 bits per heavy atom. The lowest BCUT2D eigenvalue weighted by Crippen LogP contribution is -2.47. The lowest BCUT2D eigenvalue weighted by atomic mass is 10.3. The predicted molar refractivity (Wildman–Crippen MR) is 87.8 cm³/mol. The third-order valence-corrected chi connectivity index (χ3v) is 4.36. The number of thioether (sulfide) groups is 1. The first kappa shape index (κ1) is 12.5. The van der Waals surface area contributed by atoms with Crippen molar-refractivity contribution in [3.05, 3.63) is 60.7 Å². The Bertz CT molecular complexity index is 507. The summed E-state index contributed by atoms with van der Waals surface area (Å²) in [5.41, 5.74) is 2.31. The fourth-order valence-corrected chi connectivity index (χ4v) is 3.56. The SMILES string of the molecule is S=C1N(c2ccccc2)CSCN1c1ccccc1. The summed E-state index contributed by atoms with van der Waals surface area (Å²) < 4.78 is 0. The first-order chi connectivity index (χ1) is 9.36. The molecule has 1 saturated heterocycles. The number of hydrogen-bond acceptors (Lipinski definition) is 2. The van der Waals surface area contributed by atoms with Crippen LogP contribution in [0.5, 0.6) is 0 Å². The summed E-state index contributed by atoms with van der Waals surface area (Å²) in [5.74, 6) is 1.82. The van der Waals surface area contributed by atoms with Crippen molar-refractivity contribution in [2.45, 2.75) is 0 Å². The molecule has 96 valence electrons. The van der Waals surface area contributed by atoms with Crippen LogP contribution < -0.4 is 9.80 Å². The van der Waals surface area contributed by atoms with E-state index < -0.39 is 0 Å². The molecule has 1 fully saturated rings. The van der Waals surface area contributed by atoms with Gasteiger partial charge in [-0.2, -0.15) is 0 Å². The number of thiocarbonyl (C=S) groups is 1. The van der Waals surface area contributed by atoms with Crippen LogP contribution in [0.4, 0.5) is 11.4 Å². The van der Waals surface area contributed by atoms with Crippen molar-refractivity contribution >= 4 is 40.5 Å². The van der Waals surface area contributed by atoms with Gasteiger partial charge in [0, 0.05) is 11.4 Å². The highest BCUT2D eigenvalue weighted by atomic mass is 32.2. The molecule has 0 saturated carbocycles. The van der Waals surface area contributed by atoms with Crippen molar-refractivity contribution in [2.24, 2.45) is 0 Å². The summed E-state index contributed by atoms with van der Waals surface area (Å²) in [6, 6.07) is 20.6. The number of rotatable bonds is 2. The smallest absolute Gasteiger partial charge is 0.182 e. The van der Waals surface area contributed by atoms with Gasteiger partial charge in [0.25, 0.3) is 0 Å². The lowest BCUT2D eigenvalue weighted by molar-refractivity contribution is 1.11. The Kier molecular flexibility index (Phi) is 3.71. The molecule has 0 amide bonds. The van der Waals surface area contributed by atoms with Gasteiger partial charge in [0.05, 0.1) is 11.8 Å². The maximum Gasteiger partial charge on any atom is 0.182 e. The van der Waals surface area contributed by atoms with Crippen molar-refractivity contribution in [3.63, 3.8) is 0 Å². The van der Waals surface area contributed by atoms with E-state index in [2.05, 4.69) is 34.1 Å². The van der Waals surface area contributed by atoms with E-state index >= 15 is 0 Å². The Labute approximate surface area is 123 Å². The van der Waals surface area contributed by atoms with E-state index in [9.17, 15) is 0 Å². The lowest BCUT2D eigenvalue weighted by Gasteiger charge is -2.38. The van der Waals surface area contributed by atoms with Gasteiger partial charge in [-0.15, -0.1) is 11.8 Å². The van der Waals surface area contributed by atoms with Crippen LogP contribution in [-0.2, 0) is 0 Å². The molecule has 2 aromatic carbocycles. The molecule has 2 nitrogen and oxygen atoms in total. The number of para-hydroxylation sites is 2. The minimum atomic E-state index is 0.871. The van der Waals surface area contributed by atoms with Gasteiger partial charge < -0.3 is 9.80 Å². The average molecular weight is 286 g/mol. The van der Waals surface area contributed by atoms with Crippen LogP contribution in [-0.4, -0.2) is 16.9 Å². The normalized spacial score (nSPS) is 15.7. The quantitative estimate of drug-likeness (QED) is 0.771. The van der Waals surface area contributed by atoms with Crippen LogP contribution in [0.3, 0.4) is 0 Å². The molecule has 0 unspecified atom stereocenters. The molecule has 1 heterocycles. The zero-order valence-electron chi connectivity index (χ0n) is 10.4. The number of anilines is 2. The predicted octanol–water partition coefficient (Wildman–Crippen LogP) is 3.95. The maximum atomic E-state index is 5.65.